The van der Waals surface area contributed by atoms with E-state index in [1.807, 2.05) is 25.3 Å². The number of alkyl halides is 3. The first-order valence-corrected chi connectivity index (χ1v) is 11.8. The normalized spacial score (nSPS) is 15.1. The summed E-state index contributed by atoms with van der Waals surface area (Å²) in [4.78, 5) is 12.7. The van der Waals surface area contributed by atoms with Crippen LogP contribution < -0.4 is 20.3 Å². The van der Waals surface area contributed by atoms with Crippen LogP contribution in [0.5, 0.6) is 0 Å². The molecule has 7 nitrogen and oxygen atoms in total. The summed E-state index contributed by atoms with van der Waals surface area (Å²) in [7, 11) is 2.12. The van der Waals surface area contributed by atoms with Gasteiger partial charge >= 0.3 is 6.18 Å². The summed E-state index contributed by atoms with van der Waals surface area (Å²) in [6, 6.07) is 6.11. The highest BCUT2D eigenvalue weighted by Crippen LogP contribution is 2.34. The van der Waals surface area contributed by atoms with E-state index in [2.05, 4.69) is 48.2 Å². The molecule has 2 heterocycles. The van der Waals surface area contributed by atoms with Crippen molar-refractivity contribution in [2.75, 3.05) is 68.1 Å². The maximum atomic E-state index is 13.4. The Labute approximate surface area is 191 Å². The smallest absolute Gasteiger partial charge is 0.369 e. The highest BCUT2D eigenvalue weighted by molar-refractivity contribution is 7.96. The van der Waals surface area contributed by atoms with Crippen LogP contribution in [0.15, 0.2) is 24.4 Å². The number of anilines is 4. The third kappa shape index (κ3) is 6.39. The van der Waals surface area contributed by atoms with Gasteiger partial charge in [-0.15, -0.1) is 0 Å². The van der Waals surface area contributed by atoms with Crippen LogP contribution in [0.25, 0.3) is 0 Å². The van der Waals surface area contributed by atoms with Gasteiger partial charge in [0.1, 0.15) is 11.4 Å². The van der Waals surface area contributed by atoms with Crippen LogP contribution in [-0.4, -0.2) is 67.4 Å². The lowest BCUT2D eigenvalue weighted by atomic mass is 10.1. The second kappa shape index (κ2) is 11.1. The number of hydrogen-bond donors (Lipinski definition) is 3. The van der Waals surface area contributed by atoms with Gasteiger partial charge in [-0.1, -0.05) is 18.9 Å². The van der Waals surface area contributed by atoms with Gasteiger partial charge in [-0.25, -0.2) is 4.98 Å². The molecule has 0 unspecified atom stereocenters. The molecule has 1 aliphatic heterocycles. The molecule has 0 amide bonds. The van der Waals surface area contributed by atoms with Gasteiger partial charge < -0.3 is 20.4 Å². The van der Waals surface area contributed by atoms with Gasteiger partial charge in [0.15, 0.2) is 0 Å². The molecule has 176 valence electrons. The molecule has 3 rings (SSSR count). The van der Waals surface area contributed by atoms with Crippen molar-refractivity contribution in [2.24, 2.45) is 0 Å². The Morgan fingerprint density at radius 2 is 1.88 bits per heavy atom. The van der Waals surface area contributed by atoms with Crippen molar-refractivity contribution in [1.29, 1.82) is 0 Å². The average Bonchev–Trinajstić information content (AvgIpc) is 2.77. The summed E-state index contributed by atoms with van der Waals surface area (Å²) in [6.45, 7) is 6.82. The zero-order valence-corrected chi connectivity index (χ0v) is 19.4. The summed E-state index contributed by atoms with van der Waals surface area (Å²) in [5.74, 6) is -0.106. The van der Waals surface area contributed by atoms with Crippen molar-refractivity contribution >= 4 is 35.1 Å². The molecule has 2 aromatic rings. The molecule has 1 aromatic heterocycles. The van der Waals surface area contributed by atoms with E-state index in [0.29, 0.717) is 13.1 Å². The van der Waals surface area contributed by atoms with E-state index in [-0.39, 0.29) is 11.8 Å². The SMILES string of the molecule is CCc1cc(N2CCN(C)CC2)ccc1Nc1ncc(C(F)(F)F)c(NCCNSC)n1. The Kier molecular flexibility index (Phi) is 8.44. The molecule has 1 fully saturated rings. The number of benzene rings is 1. The predicted molar refractivity (Wildman–Crippen MR) is 126 cm³/mol. The molecule has 11 heteroatoms. The maximum Gasteiger partial charge on any atom is 0.421 e. The van der Waals surface area contributed by atoms with Crippen molar-refractivity contribution in [3.8, 4) is 0 Å². The number of aromatic nitrogens is 2. The van der Waals surface area contributed by atoms with Crippen molar-refractivity contribution in [2.45, 2.75) is 19.5 Å². The number of piperazine rings is 1. The van der Waals surface area contributed by atoms with Crippen LogP contribution >= 0.6 is 11.9 Å². The summed E-state index contributed by atoms with van der Waals surface area (Å²) >= 11 is 1.40. The molecule has 32 heavy (non-hydrogen) atoms. The van der Waals surface area contributed by atoms with Crippen LogP contribution in [-0.2, 0) is 12.6 Å². The highest BCUT2D eigenvalue weighted by atomic mass is 32.2. The lowest BCUT2D eigenvalue weighted by Crippen LogP contribution is -2.44. The van der Waals surface area contributed by atoms with Crippen molar-refractivity contribution in [3.05, 3.63) is 35.5 Å². The topological polar surface area (TPSA) is 68.3 Å². The number of likely N-dealkylation sites (N-methyl/N-ethyl adjacent to an activating group) is 1. The molecular formula is C21H30F3N7S. The fourth-order valence-electron chi connectivity index (χ4n) is 3.49. The molecular weight excluding hydrogens is 439 g/mol. The van der Waals surface area contributed by atoms with Gasteiger partial charge in [0.05, 0.1) is 0 Å². The zero-order chi connectivity index (χ0) is 23.1. The summed E-state index contributed by atoms with van der Waals surface area (Å²) in [5, 5.41) is 5.87. The minimum absolute atomic E-state index is 0.125. The van der Waals surface area contributed by atoms with Gasteiger partial charge in [0.2, 0.25) is 5.95 Å². The van der Waals surface area contributed by atoms with Gasteiger partial charge in [0, 0.05) is 56.8 Å². The first-order chi connectivity index (χ1) is 15.3. The van der Waals surface area contributed by atoms with E-state index in [0.717, 1.165) is 55.7 Å². The number of hydrogen-bond acceptors (Lipinski definition) is 8. The number of rotatable bonds is 9. The molecule has 1 saturated heterocycles. The van der Waals surface area contributed by atoms with Crippen LogP contribution in [0.3, 0.4) is 0 Å². The molecule has 0 saturated carbocycles. The van der Waals surface area contributed by atoms with Crippen LogP contribution in [0.1, 0.15) is 18.1 Å². The second-order valence-electron chi connectivity index (χ2n) is 7.59. The first kappa shape index (κ1) is 24.4. The monoisotopic (exact) mass is 469 g/mol. The Morgan fingerprint density at radius 3 is 2.53 bits per heavy atom. The molecule has 1 aliphatic rings. The Hall–Kier alpha value is -2.24. The van der Waals surface area contributed by atoms with E-state index in [1.54, 1.807) is 0 Å². The van der Waals surface area contributed by atoms with E-state index in [1.165, 1.54) is 11.9 Å². The highest BCUT2D eigenvalue weighted by Gasteiger charge is 2.35. The molecule has 3 N–H and O–H groups in total. The predicted octanol–water partition coefficient (Wildman–Crippen LogP) is 3.83. The molecule has 1 aromatic carbocycles. The number of nitrogens with one attached hydrogen (secondary N) is 3. The fourth-order valence-corrected chi connectivity index (χ4v) is 3.80. The maximum absolute atomic E-state index is 13.4. The minimum atomic E-state index is -4.54. The summed E-state index contributed by atoms with van der Waals surface area (Å²) in [6.07, 6.45) is -1.08. The average molecular weight is 470 g/mol. The lowest BCUT2D eigenvalue weighted by Gasteiger charge is -2.34. The number of nitrogens with zero attached hydrogens (tertiary/aromatic N) is 4. The number of aryl methyl sites for hydroxylation is 1. The largest absolute Gasteiger partial charge is 0.421 e. The van der Waals surface area contributed by atoms with Crippen LogP contribution in [0.4, 0.5) is 36.3 Å². The summed E-state index contributed by atoms with van der Waals surface area (Å²) < 4.78 is 43.1. The number of halogens is 3. The Bertz CT molecular complexity index is 886. The molecule has 0 aliphatic carbocycles. The third-order valence-corrected chi connectivity index (χ3v) is 5.84. The third-order valence-electron chi connectivity index (χ3n) is 5.34. The van der Waals surface area contributed by atoms with Crippen molar-refractivity contribution < 1.29 is 13.2 Å². The van der Waals surface area contributed by atoms with Crippen molar-refractivity contribution in [3.63, 3.8) is 0 Å². The van der Waals surface area contributed by atoms with Gasteiger partial charge in [-0.3, -0.25) is 4.72 Å². The zero-order valence-electron chi connectivity index (χ0n) is 18.6. The lowest BCUT2D eigenvalue weighted by molar-refractivity contribution is -0.137. The van der Waals surface area contributed by atoms with E-state index < -0.39 is 11.7 Å². The van der Waals surface area contributed by atoms with Crippen LogP contribution in [0, 0.1) is 0 Å². The Balaban J connectivity index is 1.79. The van der Waals surface area contributed by atoms with Gasteiger partial charge in [0.25, 0.3) is 0 Å². The first-order valence-electron chi connectivity index (χ1n) is 10.6. The molecule has 0 atom stereocenters. The summed E-state index contributed by atoms with van der Waals surface area (Å²) in [5.41, 5.74) is 2.12. The molecule has 0 spiro atoms. The fraction of sp³-hybridized carbons (Fsp3) is 0.524. The standard InChI is InChI=1S/C21H30F3N7S/c1-4-15-13-16(31-11-9-30(2)10-12-31)5-6-18(15)28-20-26-14-17(21(22,23)24)19(29-20)25-7-8-27-32-3/h5-6,13-14,27H,4,7-12H2,1-3H3,(H2,25,26,28,29). The van der Waals surface area contributed by atoms with Crippen LogP contribution in [0.2, 0.25) is 0 Å². The van der Waals surface area contributed by atoms with E-state index in [9.17, 15) is 13.2 Å². The van der Waals surface area contributed by atoms with Gasteiger partial charge in [-0.05, 0) is 43.5 Å². The van der Waals surface area contributed by atoms with E-state index >= 15 is 0 Å². The van der Waals surface area contributed by atoms with Gasteiger partial charge in [-0.2, -0.15) is 18.2 Å². The molecule has 0 bridgehead atoms. The molecule has 0 radical (unpaired) electrons. The quantitative estimate of drug-likeness (QED) is 0.378. The second-order valence-corrected chi connectivity index (χ2v) is 8.29. The van der Waals surface area contributed by atoms with Crippen molar-refractivity contribution in [1.82, 2.24) is 19.6 Å². The van der Waals surface area contributed by atoms with E-state index in [4.69, 9.17) is 0 Å². The minimum Gasteiger partial charge on any atom is -0.369 e. The Morgan fingerprint density at radius 1 is 1.12 bits per heavy atom.